The van der Waals surface area contributed by atoms with E-state index in [4.69, 9.17) is 5.73 Å². The van der Waals surface area contributed by atoms with Crippen molar-refractivity contribution in [1.82, 2.24) is 15.6 Å². The van der Waals surface area contributed by atoms with Crippen molar-refractivity contribution in [2.24, 2.45) is 11.7 Å². The topological polar surface area (TPSA) is 175 Å². The van der Waals surface area contributed by atoms with E-state index in [9.17, 15) is 29.4 Å². The van der Waals surface area contributed by atoms with E-state index < -0.39 is 41.9 Å². The summed E-state index contributed by atoms with van der Waals surface area (Å²) in [6.45, 7) is 3.65. The number of aromatic nitrogens is 1. The quantitative estimate of drug-likeness (QED) is 0.282. The zero-order chi connectivity index (χ0) is 23.8. The first kappa shape index (κ1) is 24.9. The van der Waals surface area contributed by atoms with E-state index in [1.165, 1.54) is 0 Å². The number of aromatic amines is 1. The van der Waals surface area contributed by atoms with Crippen LogP contribution in [0, 0.1) is 5.92 Å². The minimum absolute atomic E-state index is 0.0634. The van der Waals surface area contributed by atoms with Crippen LogP contribution in [0.3, 0.4) is 0 Å². The van der Waals surface area contributed by atoms with E-state index >= 15 is 0 Å². The second-order valence-corrected chi connectivity index (χ2v) is 7.87. The molecule has 174 valence electrons. The number of carboxylic acid groups (broad SMARTS) is 2. The lowest BCUT2D eigenvalue weighted by atomic mass is 9.99. The van der Waals surface area contributed by atoms with E-state index in [1.807, 2.05) is 31.2 Å². The summed E-state index contributed by atoms with van der Waals surface area (Å²) in [5, 5.41) is 24.5. The maximum absolute atomic E-state index is 12.3. The lowest BCUT2D eigenvalue weighted by Gasteiger charge is -2.21. The minimum Gasteiger partial charge on any atom is -0.480 e. The molecule has 0 aliphatic heterocycles. The van der Waals surface area contributed by atoms with Crippen LogP contribution in [0.5, 0.6) is 0 Å². The number of carboxylic acids is 2. The molecule has 0 bridgehead atoms. The average molecular weight is 447 g/mol. The highest BCUT2D eigenvalue weighted by atomic mass is 16.4. The van der Waals surface area contributed by atoms with Gasteiger partial charge in [0.05, 0.1) is 6.04 Å². The molecule has 7 N–H and O–H groups in total. The summed E-state index contributed by atoms with van der Waals surface area (Å²) in [7, 11) is 0. The van der Waals surface area contributed by atoms with E-state index in [1.54, 1.807) is 13.1 Å². The van der Waals surface area contributed by atoms with Crippen LogP contribution >= 0.6 is 0 Å². The summed E-state index contributed by atoms with van der Waals surface area (Å²) >= 11 is 0. The van der Waals surface area contributed by atoms with Crippen molar-refractivity contribution in [3.05, 3.63) is 36.0 Å². The molecule has 0 spiro atoms. The molecule has 1 aromatic heterocycles. The van der Waals surface area contributed by atoms with Crippen LogP contribution in [-0.4, -0.2) is 57.1 Å². The zero-order valence-electron chi connectivity index (χ0n) is 18.1. The summed E-state index contributed by atoms with van der Waals surface area (Å²) in [5.41, 5.74) is 7.42. The molecule has 0 saturated heterocycles. The van der Waals surface area contributed by atoms with Gasteiger partial charge in [0.15, 0.2) is 0 Å². The van der Waals surface area contributed by atoms with Crippen LogP contribution in [0.4, 0.5) is 0 Å². The van der Waals surface area contributed by atoms with Crippen molar-refractivity contribution >= 4 is 34.7 Å². The third kappa shape index (κ3) is 6.55. The number of carbonyl (C=O) groups excluding carboxylic acids is 2. The van der Waals surface area contributed by atoms with Gasteiger partial charge in [0.2, 0.25) is 11.8 Å². The highest BCUT2D eigenvalue weighted by Gasteiger charge is 2.27. The predicted octanol–water partition coefficient (Wildman–Crippen LogP) is 1.00. The molecule has 2 amide bonds. The molecule has 1 aromatic carbocycles. The number of carbonyl (C=O) groups is 4. The number of benzene rings is 1. The Balaban J connectivity index is 1.96. The van der Waals surface area contributed by atoms with Gasteiger partial charge < -0.3 is 31.6 Å². The molecule has 0 aliphatic rings. The van der Waals surface area contributed by atoms with Crippen molar-refractivity contribution in [2.75, 3.05) is 0 Å². The lowest BCUT2D eigenvalue weighted by molar-refractivity contribution is -0.143. The maximum Gasteiger partial charge on any atom is 0.326 e. The summed E-state index contributed by atoms with van der Waals surface area (Å²) in [5.74, 6) is -3.85. The van der Waals surface area contributed by atoms with E-state index in [2.05, 4.69) is 15.6 Å². The number of H-pyrrole nitrogens is 1. The van der Waals surface area contributed by atoms with E-state index in [0.717, 1.165) is 16.5 Å². The van der Waals surface area contributed by atoms with Crippen molar-refractivity contribution < 1.29 is 29.4 Å². The molecule has 0 fully saturated rings. The Morgan fingerprint density at radius 3 is 2.34 bits per heavy atom. The van der Waals surface area contributed by atoms with Gasteiger partial charge in [0.25, 0.3) is 0 Å². The fourth-order valence-electron chi connectivity index (χ4n) is 3.30. The predicted molar refractivity (Wildman–Crippen MR) is 118 cm³/mol. The number of amides is 2. The standard InChI is InChI=1S/C22H30N4O6/c1-3-12(2)19(23)20(28)26-16(21(29)30)8-9-18(27)25-17(22(31)32)10-13-11-24-15-7-5-4-6-14(13)15/h4-7,11-12,16-17,19,24H,3,8-10,23H2,1-2H3,(H,25,27)(H,26,28)(H,29,30)(H,31,32)/t12-,16?,17-,19-/m0/s1. The first-order valence-electron chi connectivity index (χ1n) is 10.5. The molecule has 10 heteroatoms. The van der Waals surface area contributed by atoms with Gasteiger partial charge in [-0.25, -0.2) is 9.59 Å². The zero-order valence-corrected chi connectivity index (χ0v) is 18.1. The highest BCUT2D eigenvalue weighted by molar-refractivity contribution is 5.88. The molecular weight excluding hydrogens is 416 g/mol. The lowest BCUT2D eigenvalue weighted by Crippen LogP contribution is -2.51. The van der Waals surface area contributed by atoms with Crippen molar-refractivity contribution in [3.8, 4) is 0 Å². The first-order valence-corrected chi connectivity index (χ1v) is 10.5. The number of nitrogens with one attached hydrogen (secondary N) is 3. The minimum atomic E-state index is -1.31. The summed E-state index contributed by atoms with van der Waals surface area (Å²) in [6.07, 6.45) is 1.95. The molecule has 0 saturated carbocycles. The van der Waals surface area contributed by atoms with Gasteiger partial charge in [0, 0.05) is 29.9 Å². The normalized spacial score (nSPS) is 14.8. The molecular formula is C22H30N4O6. The third-order valence-corrected chi connectivity index (χ3v) is 5.57. The number of rotatable bonds is 12. The van der Waals surface area contributed by atoms with Gasteiger partial charge in [-0.1, -0.05) is 38.5 Å². The highest BCUT2D eigenvalue weighted by Crippen LogP contribution is 2.19. The Morgan fingerprint density at radius 1 is 1.06 bits per heavy atom. The van der Waals surface area contributed by atoms with Crippen LogP contribution in [0.25, 0.3) is 10.9 Å². The van der Waals surface area contributed by atoms with Crippen LogP contribution in [0.1, 0.15) is 38.7 Å². The summed E-state index contributed by atoms with van der Waals surface area (Å²) in [6, 6.07) is 4.06. The molecule has 2 rings (SSSR count). The first-order chi connectivity index (χ1) is 15.1. The van der Waals surface area contributed by atoms with Gasteiger partial charge in [-0.05, 0) is 24.0 Å². The molecule has 4 atom stereocenters. The van der Waals surface area contributed by atoms with E-state index in [0.29, 0.717) is 6.42 Å². The average Bonchev–Trinajstić information content (AvgIpc) is 3.17. The third-order valence-electron chi connectivity index (χ3n) is 5.57. The number of para-hydroxylation sites is 1. The number of aliphatic carboxylic acids is 2. The largest absolute Gasteiger partial charge is 0.480 e. The number of nitrogens with two attached hydrogens (primary N) is 1. The fraction of sp³-hybridized carbons (Fsp3) is 0.455. The molecule has 0 aliphatic carbocycles. The molecule has 2 aromatic rings. The van der Waals surface area contributed by atoms with Crippen LogP contribution in [0.15, 0.2) is 30.5 Å². The molecule has 1 heterocycles. The van der Waals surface area contributed by atoms with Crippen molar-refractivity contribution in [2.45, 2.75) is 57.7 Å². The Hall–Kier alpha value is -3.40. The van der Waals surface area contributed by atoms with Crippen LogP contribution < -0.4 is 16.4 Å². The molecule has 32 heavy (non-hydrogen) atoms. The Kier molecular flexibility index (Phi) is 8.77. The molecule has 1 unspecified atom stereocenters. The van der Waals surface area contributed by atoms with Gasteiger partial charge in [-0.3, -0.25) is 9.59 Å². The molecule has 10 nitrogen and oxygen atoms in total. The maximum atomic E-state index is 12.3. The smallest absolute Gasteiger partial charge is 0.326 e. The van der Waals surface area contributed by atoms with E-state index in [-0.39, 0.29) is 25.2 Å². The number of hydrogen-bond donors (Lipinski definition) is 6. The summed E-state index contributed by atoms with van der Waals surface area (Å²) < 4.78 is 0. The fourth-order valence-corrected chi connectivity index (χ4v) is 3.30. The van der Waals surface area contributed by atoms with Gasteiger partial charge in [-0.15, -0.1) is 0 Å². The second kappa shape index (κ2) is 11.3. The van der Waals surface area contributed by atoms with Gasteiger partial charge in [-0.2, -0.15) is 0 Å². The Bertz CT molecular complexity index is 972. The summed E-state index contributed by atoms with van der Waals surface area (Å²) in [4.78, 5) is 50.7. The number of hydrogen-bond acceptors (Lipinski definition) is 5. The SMILES string of the molecule is CC[C@H](C)[C@H](N)C(=O)NC(CCC(=O)N[C@@H](Cc1c[nH]c2ccccc12)C(=O)O)C(=O)O. The number of fused-ring (bicyclic) bond motifs is 1. The van der Waals surface area contributed by atoms with Crippen molar-refractivity contribution in [3.63, 3.8) is 0 Å². The van der Waals surface area contributed by atoms with Gasteiger partial charge in [0.1, 0.15) is 12.1 Å². The monoisotopic (exact) mass is 446 g/mol. The Labute approximate surface area is 185 Å². The second-order valence-electron chi connectivity index (χ2n) is 7.87. The van der Waals surface area contributed by atoms with Gasteiger partial charge >= 0.3 is 11.9 Å². The van der Waals surface area contributed by atoms with Crippen LogP contribution in [-0.2, 0) is 25.6 Å². The Morgan fingerprint density at radius 2 is 1.72 bits per heavy atom. The van der Waals surface area contributed by atoms with Crippen molar-refractivity contribution in [1.29, 1.82) is 0 Å². The molecule has 0 radical (unpaired) electrons. The van der Waals surface area contributed by atoms with Crippen LogP contribution in [0.2, 0.25) is 0 Å².